The van der Waals surface area contributed by atoms with Crippen molar-refractivity contribution in [3.05, 3.63) is 30.1 Å². The van der Waals surface area contributed by atoms with Gasteiger partial charge in [0.2, 0.25) is 0 Å². The summed E-state index contributed by atoms with van der Waals surface area (Å²) in [4.78, 5) is 7.31. The van der Waals surface area contributed by atoms with Gasteiger partial charge in [-0.3, -0.25) is 0 Å². The number of pyridine rings is 1. The lowest BCUT2D eigenvalue weighted by Crippen LogP contribution is -2.38. The van der Waals surface area contributed by atoms with E-state index in [1.54, 1.807) is 0 Å². The maximum absolute atomic E-state index is 6.06. The Kier molecular flexibility index (Phi) is 3.66. The molecule has 114 valence electrons. The highest BCUT2D eigenvalue weighted by atomic mass is 15.2. The Balaban J connectivity index is 1.97. The van der Waals surface area contributed by atoms with Crippen LogP contribution in [0.5, 0.6) is 0 Å². The van der Waals surface area contributed by atoms with Gasteiger partial charge in [0.05, 0.1) is 5.69 Å². The minimum absolute atomic E-state index is 0.144. The summed E-state index contributed by atoms with van der Waals surface area (Å²) in [5, 5.41) is 0. The SMILES string of the molecule is CC(N)Cc1c(N2CCC(C)(C)CC2)nc2ccccn12. The molecule has 1 atom stereocenters. The molecule has 1 aliphatic heterocycles. The van der Waals surface area contributed by atoms with E-state index < -0.39 is 0 Å². The molecule has 2 aromatic heterocycles. The van der Waals surface area contributed by atoms with E-state index in [1.165, 1.54) is 18.5 Å². The highest BCUT2D eigenvalue weighted by molar-refractivity contribution is 5.56. The molecule has 0 bridgehead atoms. The van der Waals surface area contributed by atoms with Gasteiger partial charge in [-0.25, -0.2) is 4.98 Å². The number of piperidine rings is 1. The average Bonchev–Trinajstić information content (AvgIpc) is 2.77. The van der Waals surface area contributed by atoms with Gasteiger partial charge in [-0.15, -0.1) is 0 Å². The molecule has 4 heteroatoms. The quantitative estimate of drug-likeness (QED) is 0.943. The largest absolute Gasteiger partial charge is 0.355 e. The molecular formula is C17H26N4. The summed E-state index contributed by atoms with van der Waals surface area (Å²) in [6.07, 6.45) is 5.40. The third kappa shape index (κ3) is 2.91. The monoisotopic (exact) mass is 286 g/mol. The average molecular weight is 286 g/mol. The number of fused-ring (bicyclic) bond motifs is 1. The van der Waals surface area contributed by atoms with E-state index in [9.17, 15) is 0 Å². The Morgan fingerprint density at radius 3 is 2.67 bits per heavy atom. The first-order chi connectivity index (χ1) is 9.96. The van der Waals surface area contributed by atoms with Gasteiger partial charge in [0.15, 0.2) is 5.82 Å². The first kappa shape index (κ1) is 14.4. The Morgan fingerprint density at radius 1 is 1.29 bits per heavy atom. The van der Waals surface area contributed by atoms with Gasteiger partial charge >= 0.3 is 0 Å². The van der Waals surface area contributed by atoms with Crippen molar-refractivity contribution in [2.45, 2.75) is 46.1 Å². The number of hydrogen-bond acceptors (Lipinski definition) is 3. The number of aromatic nitrogens is 2. The predicted octanol–water partition coefficient (Wildman–Crippen LogP) is 2.85. The summed E-state index contributed by atoms with van der Waals surface area (Å²) < 4.78 is 2.19. The summed E-state index contributed by atoms with van der Waals surface area (Å²) in [5.41, 5.74) is 8.78. The molecule has 3 rings (SSSR count). The van der Waals surface area contributed by atoms with Crippen molar-refractivity contribution in [3.63, 3.8) is 0 Å². The molecule has 0 amide bonds. The second-order valence-electron chi connectivity index (χ2n) is 7.14. The fraction of sp³-hybridized carbons (Fsp3) is 0.588. The second kappa shape index (κ2) is 5.34. The van der Waals surface area contributed by atoms with Gasteiger partial charge in [0, 0.05) is 31.7 Å². The molecule has 4 nitrogen and oxygen atoms in total. The van der Waals surface area contributed by atoms with Gasteiger partial charge in [-0.1, -0.05) is 19.9 Å². The molecule has 1 unspecified atom stereocenters. The van der Waals surface area contributed by atoms with Crippen molar-refractivity contribution < 1.29 is 0 Å². The van der Waals surface area contributed by atoms with Crippen LogP contribution in [0, 0.1) is 5.41 Å². The lowest BCUT2D eigenvalue weighted by Gasteiger charge is -2.37. The Labute approximate surface area is 127 Å². The highest BCUT2D eigenvalue weighted by Gasteiger charge is 2.28. The molecule has 0 spiro atoms. The van der Waals surface area contributed by atoms with Crippen LogP contribution < -0.4 is 10.6 Å². The van der Waals surface area contributed by atoms with Crippen LogP contribution in [0.2, 0.25) is 0 Å². The molecule has 1 fully saturated rings. The lowest BCUT2D eigenvalue weighted by atomic mass is 9.82. The number of nitrogens with two attached hydrogens (primary N) is 1. The van der Waals surface area contributed by atoms with Crippen LogP contribution in [0.4, 0.5) is 5.82 Å². The Morgan fingerprint density at radius 2 is 2.00 bits per heavy atom. The van der Waals surface area contributed by atoms with E-state index in [0.29, 0.717) is 5.41 Å². The smallest absolute Gasteiger partial charge is 0.151 e. The van der Waals surface area contributed by atoms with Gasteiger partial charge in [-0.2, -0.15) is 0 Å². The van der Waals surface area contributed by atoms with Crippen LogP contribution in [-0.4, -0.2) is 28.5 Å². The molecule has 2 N–H and O–H groups in total. The first-order valence-corrected chi connectivity index (χ1v) is 7.93. The van der Waals surface area contributed by atoms with E-state index in [0.717, 1.165) is 31.0 Å². The zero-order chi connectivity index (χ0) is 15.0. The van der Waals surface area contributed by atoms with Crippen LogP contribution in [-0.2, 0) is 6.42 Å². The van der Waals surface area contributed by atoms with Gasteiger partial charge in [-0.05, 0) is 37.3 Å². The standard InChI is InChI=1S/C17H26N4/c1-13(18)12-14-16(19-15-6-4-5-9-21(14)15)20-10-7-17(2,3)8-11-20/h4-6,9,13H,7-8,10-12,18H2,1-3H3. The van der Waals surface area contributed by atoms with E-state index in [2.05, 4.69) is 48.4 Å². The summed E-state index contributed by atoms with van der Waals surface area (Å²) in [6.45, 7) is 8.95. The third-order valence-corrected chi connectivity index (χ3v) is 4.54. The molecule has 0 saturated carbocycles. The van der Waals surface area contributed by atoms with Crippen molar-refractivity contribution in [1.29, 1.82) is 0 Å². The van der Waals surface area contributed by atoms with Gasteiger partial charge in [0.25, 0.3) is 0 Å². The molecule has 3 heterocycles. The minimum atomic E-state index is 0.144. The van der Waals surface area contributed by atoms with Crippen molar-refractivity contribution >= 4 is 11.5 Å². The summed E-state index contributed by atoms with van der Waals surface area (Å²) in [7, 11) is 0. The maximum Gasteiger partial charge on any atom is 0.151 e. The molecule has 21 heavy (non-hydrogen) atoms. The molecular weight excluding hydrogens is 260 g/mol. The second-order valence-corrected chi connectivity index (χ2v) is 7.14. The Hall–Kier alpha value is -1.55. The molecule has 0 aromatic carbocycles. The van der Waals surface area contributed by atoms with Crippen molar-refractivity contribution in [2.75, 3.05) is 18.0 Å². The van der Waals surface area contributed by atoms with E-state index in [-0.39, 0.29) is 6.04 Å². The van der Waals surface area contributed by atoms with E-state index in [1.807, 2.05) is 6.07 Å². The maximum atomic E-state index is 6.06. The number of imidazole rings is 1. The highest BCUT2D eigenvalue weighted by Crippen LogP contribution is 2.33. The molecule has 1 aliphatic rings. The first-order valence-electron chi connectivity index (χ1n) is 7.93. The van der Waals surface area contributed by atoms with Crippen molar-refractivity contribution in [1.82, 2.24) is 9.38 Å². The molecule has 1 saturated heterocycles. The van der Waals surface area contributed by atoms with Gasteiger partial charge < -0.3 is 15.0 Å². The Bertz CT molecular complexity index is 617. The fourth-order valence-electron chi connectivity index (χ4n) is 3.11. The molecule has 0 aliphatic carbocycles. The third-order valence-electron chi connectivity index (χ3n) is 4.54. The summed E-state index contributed by atoms with van der Waals surface area (Å²) >= 11 is 0. The van der Waals surface area contributed by atoms with Crippen LogP contribution in [0.15, 0.2) is 24.4 Å². The number of anilines is 1. The molecule has 0 radical (unpaired) electrons. The van der Waals surface area contributed by atoms with Crippen LogP contribution in [0.25, 0.3) is 5.65 Å². The number of hydrogen-bond donors (Lipinski definition) is 1. The van der Waals surface area contributed by atoms with Gasteiger partial charge in [0.1, 0.15) is 5.65 Å². The topological polar surface area (TPSA) is 46.6 Å². The zero-order valence-corrected chi connectivity index (χ0v) is 13.3. The molecule has 2 aromatic rings. The number of nitrogens with zero attached hydrogens (tertiary/aromatic N) is 3. The van der Waals surface area contributed by atoms with Crippen LogP contribution in [0.1, 0.15) is 39.3 Å². The predicted molar refractivity (Wildman–Crippen MR) is 87.8 cm³/mol. The summed E-state index contributed by atoms with van der Waals surface area (Å²) in [5.74, 6) is 1.13. The summed E-state index contributed by atoms with van der Waals surface area (Å²) in [6, 6.07) is 6.32. The van der Waals surface area contributed by atoms with Crippen LogP contribution >= 0.6 is 0 Å². The lowest BCUT2D eigenvalue weighted by molar-refractivity contribution is 0.279. The minimum Gasteiger partial charge on any atom is -0.355 e. The normalized spacial score (nSPS) is 19.9. The fourth-order valence-corrected chi connectivity index (χ4v) is 3.11. The zero-order valence-electron chi connectivity index (χ0n) is 13.3. The number of rotatable bonds is 3. The van der Waals surface area contributed by atoms with E-state index >= 15 is 0 Å². The van der Waals surface area contributed by atoms with Crippen LogP contribution in [0.3, 0.4) is 0 Å². The van der Waals surface area contributed by atoms with Crippen molar-refractivity contribution in [3.8, 4) is 0 Å². The van der Waals surface area contributed by atoms with Crippen molar-refractivity contribution in [2.24, 2.45) is 11.1 Å². The van der Waals surface area contributed by atoms with E-state index in [4.69, 9.17) is 10.7 Å².